The Kier molecular flexibility index (Phi) is 4.10. The van der Waals surface area contributed by atoms with Crippen LogP contribution in [-0.2, 0) is 6.42 Å². The number of carbonyl (C=O) groups is 1. The molecule has 0 aliphatic heterocycles. The molecule has 3 nitrogen and oxygen atoms in total. The Labute approximate surface area is 106 Å². The number of aliphatic hydroxyl groups excluding tert-OH is 1. The maximum atomic E-state index is 10.5. The molecule has 0 amide bonds. The van der Waals surface area contributed by atoms with E-state index >= 15 is 0 Å². The first kappa shape index (κ1) is 12.3. The van der Waals surface area contributed by atoms with Gasteiger partial charge in [-0.1, -0.05) is 12.1 Å². The Morgan fingerprint density at radius 2 is 1.50 bits per heavy atom. The number of hydrogen-bond donors (Lipinski definition) is 1. The molecule has 0 atom stereocenters. The number of aliphatic hydroxyl groups is 1. The molecule has 2 aromatic carbocycles. The third-order valence-electron chi connectivity index (χ3n) is 2.58. The molecule has 2 aromatic rings. The van der Waals surface area contributed by atoms with Crippen molar-refractivity contribution in [3.8, 4) is 11.5 Å². The van der Waals surface area contributed by atoms with E-state index in [-0.39, 0.29) is 6.61 Å². The highest BCUT2D eigenvalue weighted by Crippen LogP contribution is 2.21. The number of hydrogen-bond acceptors (Lipinski definition) is 3. The molecule has 0 bridgehead atoms. The van der Waals surface area contributed by atoms with Crippen LogP contribution >= 0.6 is 0 Å². The van der Waals surface area contributed by atoms with Gasteiger partial charge in [-0.15, -0.1) is 0 Å². The minimum Gasteiger partial charge on any atom is -0.457 e. The van der Waals surface area contributed by atoms with Gasteiger partial charge in [-0.3, -0.25) is 4.79 Å². The molecule has 0 aromatic heterocycles. The second kappa shape index (κ2) is 5.98. The van der Waals surface area contributed by atoms with Crippen LogP contribution in [0.2, 0.25) is 0 Å². The van der Waals surface area contributed by atoms with Gasteiger partial charge in [-0.2, -0.15) is 0 Å². The summed E-state index contributed by atoms with van der Waals surface area (Å²) in [7, 11) is 0. The van der Waals surface area contributed by atoms with E-state index < -0.39 is 0 Å². The zero-order chi connectivity index (χ0) is 12.8. The fourth-order valence-corrected chi connectivity index (χ4v) is 1.60. The van der Waals surface area contributed by atoms with Crippen molar-refractivity contribution in [2.45, 2.75) is 6.42 Å². The van der Waals surface area contributed by atoms with E-state index in [9.17, 15) is 4.79 Å². The molecule has 0 heterocycles. The molecular formula is C15H14O3. The third kappa shape index (κ3) is 3.18. The Hall–Kier alpha value is -2.13. The van der Waals surface area contributed by atoms with Gasteiger partial charge in [0.15, 0.2) is 0 Å². The largest absolute Gasteiger partial charge is 0.457 e. The SMILES string of the molecule is O=Cc1ccc(Oc2ccc(CCO)cc2)cc1. The first-order valence-corrected chi connectivity index (χ1v) is 5.75. The van der Waals surface area contributed by atoms with Gasteiger partial charge in [-0.05, 0) is 48.4 Å². The van der Waals surface area contributed by atoms with Crippen LogP contribution in [0, 0.1) is 0 Å². The van der Waals surface area contributed by atoms with Crippen LogP contribution in [0.4, 0.5) is 0 Å². The van der Waals surface area contributed by atoms with Crippen LogP contribution in [0.15, 0.2) is 48.5 Å². The van der Waals surface area contributed by atoms with E-state index in [1.807, 2.05) is 24.3 Å². The summed E-state index contributed by atoms with van der Waals surface area (Å²) in [5.74, 6) is 1.42. The summed E-state index contributed by atoms with van der Waals surface area (Å²) in [5.41, 5.74) is 1.70. The minimum atomic E-state index is 0.146. The molecule has 0 unspecified atom stereocenters. The zero-order valence-electron chi connectivity index (χ0n) is 9.87. The van der Waals surface area contributed by atoms with Gasteiger partial charge < -0.3 is 9.84 Å². The number of ether oxygens (including phenoxy) is 1. The van der Waals surface area contributed by atoms with Gasteiger partial charge in [0.2, 0.25) is 0 Å². The van der Waals surface area contributed by atoms with Gasteiger partial charge in [0, 0.05) is 12.2 Å². The predicted molar refractivity (Wildman–Crippen MR) is 69.1 cm³/mol. The van der Waals surface area contributed by atoms with Crippen molar-refractivity contribution in [2.75, 3.05) is 6.61 Å². The van der Waals surface area contributed by atoms with E-state index in [1.54, 1.807) is 24.3 Å². The highest BCUT2D eigenvalue weighted by atomic mass is 16.5. The van der Waals surface area contributed by atoms with Crippen molar-refractivity contribution >= 4 is 6.29 Å². The summed E-state index contributed by atoms with van der Waals surface area (Å²) in [5, 5.41) is 8.81. The van der Waals surface area contributed by atoms with Gasteiger partial charge in [-0.25, -0.2) is 0 Å². The Morgan fingerprint density at radius 1 is 0.944 bits per heavy atom. The first-order chi connectivity index (χ1) is 8.81. The zero-order valence-corrected chi connectivity index (χ0v) is 9.87. The standard InChI is InChI=1S/C15H14O3/c16-10-9-12-1-5-14(6-2-12)18-15-7-3-13(11-17)4-8-15/h1-8,11,16H,9-10H2. The summed E-state index contributed by atoms with van der Waals surface area (Å²) < 4.78 is 5.63. The number of aldehydes is 1. The lowest BCUT2D eigenvalue weighted by molar-refractivity contribution is 0.112. The monoisotopic (exact) mass is 242 g/mol. The van der Waals surface area contributed by atoms with E-state index in [4.69, 9.17) is 9.84 Å². The van der Waals surface area contributed by atoms with Crippen LogP contribution in [0.1, 0.15) is 15.9 Å². The average Bonchev–Trinajstić information content (AvgIpc) is 2.42. The molecule has 3 heteroatoms. The van der Waals surface area contributed by atoms with Crippen LogP contribution < -0.4 is 4.74 Å². The van der Waals surface area contributed by atoms with Crippen molar-refractivity contribution in [1.29, 1.82) is 0 Å². The molecule has 0 spiro atoms. The van der Waals surface area contributed by atoms with Crippen LogP contribution in [0.5, 0.6) is 11.5 Å². The van der Waals surface area contributed by atoms with Gasteiger partial charge in [0.25, 0.3) is 0 Å². The van der Waals surface area contributed by atoms with Crippen LogP contribution in [-0.4, -0.2) is 18.0 Å². The molecular weight excluding hydrogens is 228 g/mol. The third-order valence-corrected chi connectivity index (χ3v) is 2.58. The first-order valence-electron chi connectivity index (χ1n) is 5.75. The molecule has 0 saturated carbocycles. The molecule has 0 aliphatic carbocycles. The molecule has 0 radical (unpaired) electrons. The fraction of sp³-hybridized carbons (Fsp3) is 0.133. The number of rotatable bonds is 5. The minimum absolute atomic E-state index is 0.146. The van der Waals surface area contributed by atoms with Crippen LogP contribution in [0.25, 0.3) is 0 Å². The van der Waals surface area contributed by atoms with Crippen molar-refractivity contribution in [3.05, 3.63) is 59.7 Å². The summed E-state index contributed by atoms with van der Waals surface area (Å²) in [6, 6.07) is 14.5. The summed E-state index contributed by atoms with van der Waals surface area (Å²) in [6.45, 7) is 0.146. The van der Waals surface area contributed by atoms with Crippen LogP contribution in [0.3, 0.4) is 0 Å². The Balaban J connectivity index is 2.05. The molecule has 18 heavy (non-hydrogen) atoms. The lowest BCUT2D eigenvalue weighted by atomic mass is 10.1. The Bertz CT molecular complexity index is 500. The molecule has 0 fully saturated rings. The molecule has 0 aliphatic rings. The highest BCUT2D eigenvalue weighted by Gasteiger charge is 1.98. The summed E-state index contributed by atoms with van der Waals surface area (Å²) >= 11 is 0. The normalized spacial score (nSPS) is 10.1. The van der Waals surface area contributed by atoms with E-state index in [0.717, 1.165) is 17.6 Å². The van der Waals surface area contributed by atoms with Crippen molar-refractivity contribution in [3.63, 3.8) is 0 Å². The predicted octanol–water partition coefficient (Wildman–Crippen LogP) is 2.83. The van der Waals surface area contributed by atoms with Crippen molar-refractivity contribution < 1.29 is 14.6 Å². The van der Waals surface area contributed by atoms with E-state index in [1.165, 1.54) is 0 Å². The highest BCUT2D eigenvalue weighted by molar-refractivity contribution is 5.74. The van der Waals surface area contributed by atoms with Crippen molar-refractivity contribution in [1.82, 2.24) is 0 Å². The number of carbonyl (C=O) groups excluding carboxylic acids is 1. The average molecular weight is 242 g/mol. The lowest BCUT2D eigenvalue weighted by Crippen LogP contribution is -1.90. The maximum Gasteiger partial charge on any atom is 0.150 e. The second-order valence-corrected chi connectivity index (χ2v) is 3.91. The smallest absolute Gasteiger partial charge is 0.150 e. The summed E-state index contributed by atoms with van der Waals surface area (Å²) in [4.78, 5) is 10.5. The maximum absolute atomic E-state index is 10.5. The quantitative estimate of drug-likeness (QED) is 0.820. The summed E-state index contributed by atoms with van der Waals surface area (Å²) in [6.07, 6.45) is 1.45. The fourth-order valence-electron chi connectivity index (χ4n) is 1.60. The van der Waals surface area contributed by atoms with Gasteiger partial charge >= 0.3 is 0 Å². The van der Waals surface area contributed by atoms with E-state index in [0.29, 0.717) is 17.7 Å². The molecule has 2 rings (SSSR count). The topological polar surface area (TPSA) is 46.5 Å². The lowest BCUT2D eigenvalue weighted by Gasteiger charge is -2.06. The van der Waals surface area contributed by atoms with Crippen molar-refractivity contribution in [2.24, 2.45) is 0 Å². The number of benzene rings is 2. The molecule has 0 saturated heterocycles. The molecule has 92 valence electrons. The molecule has 1 N–H and O–H groups in total. The Morgan fingerprint density at radius 3 is 2.00 bits per heavy atom. The van der Waals surface area contributed by atoms with Gasteiger partial charge in [0.05, 0.1) is 0 Å². The van der Waals surface area contributed by atoms with E-state index in [2.05, 4.69) is 0 Å². The van der Waals surface area contributed by atoms with Gasteiger partial charge in [0.1, 0.15) is 17.8 Å². The second-order valence-electron chi connectivity index (χ2n) is 3.91.